The van der Waals surface area contributed by atoms with Crippen molar-refractivity contribution in [3.63, 3.8) is 0 Å². The van der Waals surface area contributed by atoms with E-state index in [0.29, 0.717) is 0 Å². The lowest BCUT2D eigenvalue weighted by atomic mass is 10.2. The SMILES string of the molecule is Cn1cncc1C(C#N)NCC1CC1. The number of nitrogens with zero attached hydrogens (tertiary/aromatic N) is 3. The number of hydrogen-bond acceptors (Lipinski definition) is 3. The molecule has 0 bridgehead atoms. The molecule has 1 N–H and O–H groups in total. The monoisotopic (exact) mass is 190 g/mol. The summed E-state index contributed by atoms with van der Waals surface area (Å²) in [5, 5.41) is 12.3. The van der Waals surface area contributed by atoms with Crippen molar-refractivity contribution in [1.82, 2.24) is 14.9 Å². The van der Waals surface area contributed by atoms with Crippen LogP contribution in [0.15, 0.2) is 12.5 Å². The fourth-order valence-electron chi connectivity index (χ4n) is 1.47. The van der Waals surface area contributed by atoms with E-state index in [4.69, 9.17) is 5.26 Å². The third-order valence-corrected chi connectivity index (χ3v) is 2.59. The summed E-state index contributed by atoms with van der Waals surface area (Å²) in [6.07, 6.45) is 6.07. The molecular formula is C10H14N4. The predicted octanol–water partition coefficient (Wildman–Crippen LogP) is 0.984. The first kappa shape index (κ1) is 9.22. The maximum absolute atomic E-state index is 9.00. The van der Waals surface area contributed by atoms with E-state index in [1.54, 1.807) is 12.5 Å². The molecule has 0 aliphatic heterocycles. The van der Waals surface area contributed by atoms with Crippen molar-refractivity contribution in [2.45, 2.75) is 18.9 Å². The molecule has 1 aliphatic rings. The number of hydrogen-bond donors (Lipinski definition) is 1. The summed E-state index contributed by atoms with van der Waals surface area (Å²) in [6, 6.07) is 2.04. The lowest BCUT2D eigenvalue weighted by Gasteiger charge is -2.11. The van der Waals surface area contributed by atoms with Gasteiger partial charge in [-0.2, -0.15) is 5.26 Å². The number of nitriles is 1. The van der Waals surface area contributed by atoms with Crippen molar-refractivity contribution in [3.05, 3.63) is 18.2 Å². The summed E-state index contributed by atoms with van der Waals surface area (Å²) in [5.41, 5.74) is 0.938. The molecule has 0 spiro atoms. The molecule has 74 valence electrons. The zero-order chi connectivity index (χ0) is 9.97. The van der Waals surface area contributed by atoms with E-state index in [2.05, 4.69) is 16.4 Å². The lowest BCUT2D eigenvalue weighted by Crippen LogP contribution is -2.23. The molecule has 4 nitrogen and oxygen atoms in total. The van der Waals surface area contributed by atoms with E-state index in [0.717, 1.165) is 18.2 Å². The molecule has 0 aromatic carbocycles. The van der Waals surface area contributed by atoms with Crippen LogP contribution in [0.4, 0.5) is 0 Å². The molecule has 0 radical (unpaired) electrons. The molecule has 1 unspecified atom stereocenters. The van der Waals surface area contributed by atoms with Gasteiger partial charge in [0.2, 0.25) is 0 Å². The Hall–Kier alpha value is -1.34. The van der Waals surface area contributed by atoms with Crippen molar-refractivity contribution in [2.75, 3.05) is 6.54 Å². The standard InChI is InChI=1S/C10H14N4/c1-14-7-12-6-10(14)9(4-11)13-5-8-2-3-8/h6-9,13H,2-3,5H2,1H3. The largest absolute Gasteiger partial charge is 0.335 e. The maximum atomic E-state index is 9.00. The van der Waals surface area contributed by atoms with Gasteiger partial charge in [0.25, 0.3) is 0 Å². The first-order valence-corrected chi connectivity index (χ1v) is 4.90. The Morgan fingerprint density at radius 1 is 1.79 bits per heavy atom. The van der Waals surface area contributed by atoms with Crippen LogP contribution < -0.4 is 5.32 Å². The summed E-state index contributed by atoms with van der Waals surface area (Å²) in [5.74, 6) is 0.791. The van der Waals surface area contributed by atoms with Crippen molar-refractivity contribution >= 4 is 0 Å². The Labute approximate surface area is 83.6 Å². The molecule has 1 heterocycles. The van der Waals surface area contributed by atoms with E-state index >= 15 is 0 Å². The second kappa shape index (κ2) is 3.81. The molecule has 0 amide bonds. The fraction of sp³-hybridized carbons (Fsp3) is 0.600. The van der Waals surface area contributed by atoms with E-state index in [9.17, 15) is 0 Å². The molecule has 0 saturated heterocycles. The van der Waals surface area contributed by atoms with Crippen LogP contribution in [0.2, 0.25) is 0 Å². The van der Waals surface area contributed by atoms with Crippen LogP contribution >= 0.6 is 0 Å². The van der Waals surface area contributed by atoms with Gasteiger partial charge in [0.05, 0.1) is 24.3 Å². The van der Waals surface area contributed by atoms with E-state index < -0.39 is 0 Å². The van der Waals surface area contributed by atoms with Crippen LogP contribution in [0.1, 0.15) is 24.6 Å². The van der Waals surface area contributed by atoms with Gasteiger partial charge in [0.15, 0.2) is 0 Å². The van der Waals surface area contributed by atoms with Gasteiger partial charge in [-0.05, 0) is 25.3 Å². The summed E-state index contributed by atoms with van der Waals surface area (Å²) in [6.45, 7) is 0.948. The Kier molecular flexibility index (Phi) is 2.51. The van der Waals surface area contributed by atoms with Crippen molar-refractivity contribution < 1.29 is 0 Å². The quantitative estimate of drug-likeness (QED) is 0.770. The van der Waals surface area contributed by atoms with Gasteiger partial charge in [0, 0.05) is 7.05 Å². The molecule has 1 aromatic rings. The molecule has 1 saturated carbocycles. The van der Waals surface area contributed by atoms with Gasteiger partial charge < -0.3 is 4.57 Å². The van der Waals surface area contributed by atoms with Crippen LogP contribution in [0.25, 0.3) is 0 Å². The van der Waals surface area contributed by atoms with Gasteiger partial charge in [0.1, 0.15) is 6.04 Å². The zero-order valence-electron chi connectivity index (χ0n) is 8.27. The predicted molar refractivity (Wildman–Crippen MR) is 52.3 cm³/mol. The highest BCUT2D eigenvalue weighted by Crippen LogP contribution is 2.28. The second-order valence-electron chi connectivity index (χ2n) is 3.84. The molecule has 1 atom stereocenters. The number of aromatic nitrogens is 2. The molecule has 14 heavy (non-hydrogen) atoms. The summed E-state index contributed by atoms with van der Waals surface area (Å²) in [7, 11) is 1.91. The molecule has 2 rings (SSSR count). The average Bonchev–Trinajstić information content (AvgIpc) is 2.92. The maximum Gasteiger partial charge on any atom is 0.138 e. The van der Waals surface area contributed by atoms with Gasteiger partial charge in [-0.25, -0.2) is 4.98 Å². The Morgan fingerprint density at radius 2 is 2.57 bits per heavy atom. The topological polar surface area (TPSA) is 53.6 Å². The molecule has 1 aromatic heterocycles. The average molecular weight is 190 g/mol. The van der Waals surface area contributed by atoms with Crippen LogP contribution in [0, 0.1) is 17.2 Å². The molecule has 1 aliphatic carbocycles. The summed E-state index contributed by atoms with van der Waals surface area (Å²) in [4.78, 5) is 4.01. The number of imidazole rings is 1. The van der Waals surface area contributed by atoms with E-state index in [-0.39, 0.29) is 6.04 Å². The Bertz CT molecular complexity index is 345. The van der Waals surface area contributed by atoms with Crippen LogP contribution in [-0.2, 0) is 7.05 Å². The first-order chi connectivity index (χ1) is 6.81. The summed E-state index contributed by atoms with van der Waals surface area (Å²) < 4.78 is 1.88. The molecular weight excluding hydrogens is 176 g/mol. The summed E-state index contributed by atoms with van der Waals surface area (Å²) >= 11 is 0. The van der Waals surface area contributed by atoms with E-state index in [1.165, 1.54) is 12.8 Å². The zero-order valence-corrected chi connectivity index (χ0v) is 8.27. The van der Waals surface area contributed by atoms with Crippen molar-refractivity contribution in [3.8, 4) is 6.07 Å². The Morgan fingerprint density at radius 3 is 3.07 bits per heavy atom. The van der Waals surface area contributed by atoms with Crippen molar-refractivity contribution in [1.29, 1.82) is 5.26 Å². The minimum atomic E-state index is -0.219. The first-order valence-electron chi connectivity index (χ1n) is 4.90. The lowest BCUT2D eigenvalue weighted by molar-refractivity contribution is 0.569. The van der Waals surface area contributed by atoms with Crippen LogP contribution in [0.5, 0.6) is 0 Å². The van der Waals surface area contributed by atoms with Crippen molar-refractivity contribution in [2.24, 2.45) is 13.0 Å². The number of rotatable bonds is 4. The second-order valence-corrected chi connectivity index (χ2v) is 3.84. The molecule has 4 heteroatoms. The van der Waals surface area contributed by atoms with Gasteiger partial charge in [-0.3, -0.25) is 5.32 Å². The number of aryl methyl sites for hydroxylation is 1. The number of nitrogens with one attached hydrogen (secondary N) is 1. The van der Waals surface area contributed by atoms with Gasteiger partial charge >= 0.3 is 0 Å². The highest BCUT2D eigenvalue weighted by Gasteiger charge is 2.23. The Balaban J connectivity index is 1.98. The fourth-order valence-corrected chi connectivity index (χ4v) is 1.47. The minimum Gasteiger partial charge on any atom is -0.335 e. The smallest absolute Gasteiger partial charge is 0.138 e. The van der Waals surface area contributed by atoms with Gasteiger partial charge in [-0.1, -0.05) is 0 Å². The molecule has 1 fully saturated rings. The van der Waals surface area contributed by atoms with Gasteiger partial charge in [-0.15, -0.1) is 0 Å². The minimum absolute atomic E-state index is 0.219. The highest BCUT2D eigenvalue weighted by molar-refractivity contribution is 5.13. The van der Waals surface area contributed by atoms with Crippen LogP contribution in [-0.4, -0.2) is 16.1 Å². The highest BCUT2D eigenvalue weighted by atomic mass is 15.1. The normalized spacial score (nSPS) is 17.7. The third kappa shape index (κ3) is 1.94. The van der Waals surface area contributed by atoms with E-state index in [1.807, 2.05) is 11.6 Å². The third-order valence-electron chi connectivity index (χ3n) is 2.59. The van der Waals surface area contributed by atoms with Crippen LogP contribution in [0.3, 0.4) is 0 Å².